The molecular formula is C15H12Cl2N2OS2. The first kappa shape index (κ1) is 15.7. The van der Waals surface area contributed by atoms with Gasteiger partial charge in [-0.15, -0.1) is 11.3 Å². The summed E-state index contributed by atoms with van der Waals surface area (Å²) in [4.78, 5) is 5.05. The van der Waals surface area contributed by atoms with Gasteiger partial charge in [-0.2, -0.15) is 0 Å². The molecule has 7 heteroatoms. The van der Waals surface area contributed by atoms with E-state index in [2.05, 4.69) is 9.71 Å². The summed E-state index contributed by atoms with van der Waals surface area (Å²) < 4.78 is 16.5. The van der Waals surface area contributed by atoms with Crippen LogP contribution >= 0.6 is 34.5 Å². The zero-order valence-corrected chi connectivity index (χ0v) is 15.0. The van der Waals surface area contributed by atoms with Crippen LogP contribution < -0.4 is 4.72 Å². The summed E-state index contributed by atoms with van der Waals surface area (Å²) in [6.07, 6.45) is 0. The number of fused-ring (bicyclic) bond motifs is 1. The van der Waals surface area contributed by atoms with Crippen LogP contribution in [0, 0.1) is 13.8 Å². The monoisotopic (exact) mass is 370 g/mol. The third-order valence-corrected chi connectivity index (χ3v) is 5.96. The first-order valence-electron chi connectivity index (χ1n) is 6.46. The highest BCUT2D eigenvalue weighted by Gasteiger charge is 2.14. The summed E-state index contributed by atoms with van der Waals surface area (Å²) >= 11 is 13.9. The van der Waals surface area contributed by atoms with Crippen LogP contribution in [0.5, 0.6) is 0 Å². The Balaban J connectivity index is 1.97. The Labute approximate surface area is 144 Å². The zero-order chi connectivity index (χ0) is 15.9. The van der Waals surface area contributed by atoms with Crippen molar-refractivity contribution in [2.75, 3.05) is 4.72 Å². The van der Waals surface area contributed by atoms with E-state index in [1.54, 1.807) is 23.5 Å². The zero-order valence-electron chi connectivity index (χ0n) is 11.8. The minimum absolute atomic E-state index is 0.481. The average molecular weight is 371 g/mol. The largest absolute Gasteiger partial charge is 0.300 e. The number of halogens is 2. The van der Waals surface area contributed by atoms with Crippen LogP contribution in [0.15, 0.2) is 35.2 Å². The number of nitrogens with zero attached hydrogens (tertiary/aromatic N) is 1. The van der Waals surface area contributed by atoms with Crippen LogP contribution in [-0.4, -0.2) is 9.19 Å². The maximum atomic E-state index is 12.5. The van der Waals surface area contributed by atoms with Crippen molar-refractivity contribution in [2.24, 2.45) is 0 Å². The maximum absolute atomic E-state index is 12.5. The average Bonchev–Trinajstić information content (AvgIpc) is 2.86. The molecule has 0 aliphatic carbocycles. The molecule has 0 bridgehead atoms. The second kappa shape index (κ2) is 6.16. The van der Waals surface area contributed by atoms with Crippen molar-refractivity contribution in [3.8, 4) is 0 Å². The SMILES string of the molecule is Cc1nc2c(Cl)c(NS(=O)c3cc(Cl)ccc3C)ccc2s1. The van der Waals surface area contributed by atoms with Crippen molar-refractivity contribution in [1.29, 1.82) is 0 Å². The van der Waals surface area contributed by atoms with Gasteiger partial charge in [-0.1, -0.05) is 29.3 Å². The van der Waals surface area contributed by atoms with Crippen LogP contribution in [-0.2, 0) is 11.0 Å². The van der Waals surface area contributed by atoms with Crippen LogP contribution in [0.3, 0.4) is 0 Å². The number of aromatic nitrogens is 1. The van der Waals surface area contributed by atoms with E-state index in [0.29, 0.717) is 20.6 Å². The Morgan fingerprint density at radius 1 is 1.18 bits per heavy atom. The Hall–Kier alpha value is -1.14. The highest BCUT2D eigenvalue weighted by Crippen LogP contribution is 2.34. The molecule has 1 N–H and O–H groups in total. The van der Waals surface area contributed by atoms with E-state index in [1.165, 1.54) is 0 Å². The fourth-order valence-electron chi connectivity index (χ4n) is 2.08. The Kier molecular flexibility index (Phi) is 4.41. The molecule has 0 aliphatic heterocycles. The lowest BCUT2D eigenvalue weighted by atomic mass is 10.2. The molecule has 0 spiro atoms. The molecule has 1 unspecified atom stereocenters. The third-order valence-electron chi connectivity index (χ3n) is 3.16. The van der Waals surface area contributed by atoms with Crippen molar-refractivity contribution in [2.45, 2.75) is 18.7 Å². The van der Waals surface area contributed by atoms with Crippen molar-refractivity contribution in [3.63, 3.8) is 0 Å². The summed E-state index contributed by atoms with van der Waals surface area (Å²) in [5, 5.41) is 1.98. The molecule has 3 nitrogen and oxygen atoms in total. The highest BCUT2D eigenvalue weighted by molar-refractivity contribution is 7.86. The summed E-state index contributed by atoms with van der Waals surface area (Å²) in [7, 11) is -1.45. The lowest BCUT2D eigenvalue weighted by Crippen LogP contribution is -2.06. The number of aryl methyl sites for hydroxylation is 2. The van der Waals surface area contributed by atoms with Gasteiger partial charge < -0.3 is 0 Å². The van der Waals surface area contributed by atoms with Gasteiger partial charge in [-0.25, -0.2) is 9.19 Å². The number of anilines is 1. The number of hydrogen-bond acceptors (Lipinski definition) is 3. The number of benzene rings is 2. The second-order valence-electron chi connectivity index (χ2n) is 4.79. The molecule has 0 amide bonds. The van der Waals surface area contributed by atoms with Crippen molar-refractivity contribution < 1.29 is 4.21 Å². The van der Waals surface area contributed by atoms with Gasteiger partial charge >= 0.3 is 0 Å². The van der Waals surface area contributed by atoms with E-state index < -0.39 is 11.0 Å². The van der Waals surface area contributed by atoms with Crippen LogP contribution in [0.2, 0.25) is 10.0 Å². The molecule has 0 saturated heterocycles. The minimum atomic E-state index is -1.45. The number of hydrogen-bond donors (Lipinski definition) is 1. The number of thiazole rings is 1. The molecule has 0 aliphatic rings. The first-order valence-corrected chi connectivity index (χ1v) is 9.18. The molecule has 0 saturated carbocycles. The van der Waals surface area contributed by atoms with Gasteiger partial charge in [0, 0.05) is 5.02 Å². The van der Waals surface area contributed by atoms with Gasteiger partial charge in [0.1, 0.15) is 5.52 Å². The molecule has 114 valence electrons. The smallest absolute Gasteiger partial charge is 0.150 e. The first-order chi connectivity index (χ1) is 10.5. The molecule has 1 atom stereocenters. The standard InChI is InChI=1S/C15H12Cl2N2OS2/c1-8-3-4-10(16)7-13(8)22(20)19-11-5-6-12-15(14(11)17)18-9(2)21-12/h3-7,19H,1-2H3. The Morgan fingerprint density at radius 3 is 2.73 bits per heavy atom. The molecule has 1 heterocycles. The quantitative estimate of drug-likeness (QED) is 0.674. The predicted molar refractivity (Wildman–Crippen MR) is 95.6 cm³/mol. The molecule has 22 heavy (non-hydrogen) atoms. The van der Waals surface area contributed by atoms with Crippen molar-refractivity contribution in [3.05, 3.63) is 50.9 Å². The summed E-state index contributed by atoms with van der Waals surface area (Å²) in [6, 6.07) is 9.05. The van der Waals surface area contributed by atoms with E-state index in [9.17, 15) is 4.21 Å². The molecule has 0 radical (unpaired) electrons. The molecular weight excluding hydrogens is 359 g/mol. The molecule has 0 fully saturated rings. The van der Waals surface area contributed by atoms with Gasteiger partial charge in [0.15, 0.2) is 11.0 Å². The normalized spacial score (nSPS) is 12.5. The highest BCUT2D eigenvalue weighted by atomic mass is 35.5. The van der Waals surface area contributed by atoms with Crippen molar-refractivity contribution >= 4 is 61.4 Å². The third kappa shape index (κ3) is 2.99. The predicted octanol–water partition coefficient (Wildman–Crippen LogP) is 5.35. The number of nitrogens with one attached hydrogen (secondary N) is 1. The van der Waals surface area contributed by atoms with Gasteiger partial charge in [0.25, 0.3) is 0 Å². The van der Waals surface area contributed by atoms with E-state index in [0.717, 1.165) is 20.8 Å². The number of rotatable bonds is 3. The summed E-state index contributed by atoms with van der Waals surface area (Å²) in [5.41, 5.74) is 2.23. The van der Waals surface area contributed by atoms with Crippen LogP contribution in [0.25, 0.3) is 10.2 Å². The van der Waals surface area contributed by atoms with E-state index in [-0.39, 0.29) is 0 Å². The van der Waals surface area contributed by atoms with Gasteiger partial charge in [0.05, 0.1) is 25.3 Å². The summed E-state index contributed by atoms with van der Waals surface area (Å²) in [6.45, 7) is 3.82. The van der Waals surface area contributed by atoms with E-state index >= 15 is 0 Å². The Bertz CT molecular complexity index is 893. The fourth-order valence-corrected chi connectivity index (χ4v) is 4.59. The van der Waals surface area contributed by atoms with E-state index in [1.807, 2.05) is 32.0 Å². The fraction of sp³-hybridized carbons (Fsp3) is 0.133. The Morgan fingerprint density at radius 2 is 1.95 bits per heavy atom. The summed E-state index contributed by atoms with van der Waals surface area (Å²) in [5.74, 6) is 0. The van der Waals surface area contributed by atoms with Crippen LogP contribution in [0.4, 0.5) is 5.69 Å². The van der Waals surface area contributed by atoms with Crippen molar-refractivity contribution in [1.82, 2.24) is 4.98 Å². The lowest BCUT2D eigenvalue weighted by Gasteiger charge is -2.10. The topological polar surface area (TPSA) is 42.0 Å². The van der Waals surface area contributed by atoms with Crippen LogP contribution in [0.1, 0.15) is 10.6 Å². The van der Waals surface area contributed by atoms with Gasteiger partial charge in [-0.05, 0) is 43.7 Å². The second-order valence-corrected chi connectivity index (χ2v) is 8.02. The van der Waals surface area contributed by atoms with E-state index in [4.69, 9.17) is 23.2 Å². The van der Waals surface area contributed by atoms with Gasteiger partial charge in [-0.3, -0.25) is 4.72 Å². The molecule has 2 aromatic carbocycles. The molecule has 1 aromatic heterocycles. The minimum Gasteiger partial charge on any atom is -0.300 e. The molecule has 3 rings (SSSR count). The maximum Gasteiger partial charge on any atom is 0.150 e. The molecule has 3 aromatic rings. The lowest BCUT2D eigenvalue weighted by molar-refractivity contribution is 0.686. The van der Waals surface area contributed by atoms with Gasteiger partial charge in [0.2, 0.25) is 0 Å².